The van der Waals surface area contributed by atoms with Gasteiger partial charge in [-0.25, -0.2) is 17.5 Å². The van der Waals surface area contributed by atoms with Gasteiger partial charge in [0.15, 0.2) is 11.3 Å². The Morgan fingerprint density at radius 1 is 0.944 bits per heavy atom. The van der Waals surface area contributed by atoms with E-state index in [4.69, 9.17) is 8.60 Å². The normalized spacial score (nSPS) is 12.1. The maximum absolute atomic E-state index is 13.0. The van der Waals surface area contributed by atoms with E-state index in [1.807, 2.05) is 0 Å². The number of alkyl halides is 3. The second kappa shape index (κ2) is 9.59. The highest BCUT2D eigenvalue weighted by molar-refractivity contribution is 9.10. The van der Waals surface area contributed by atoms with Crippen LogP contribution in [0.3, 0.4) is 0 Å². The zero-order valence-electron chi connectivity index (χ0n) is 17.6. The van der Waals surface area contributed by atoms with Crippen molar-refractivity contribution in [1.82, 2.24) is 0 Å². The predicted molar refractivity (Wildman–Crippen MR) is 128 cm³/mol. The molecule has 0 aliphatic heterocycles. The first-order valence-electron chi connectivity index (χ1n) is 9.75. The fraction of sp³-hybridized carbons (Fsp3) is 0.0455. The number of hydrogen-bond donors (Lipinski definition) is 1. The summed E-state index contributed by atoms with van der Waals surface area (Å²) >= 11 is 3.22. The molecule has 8 nitrogen and oxygen atoms in total. The molecule has 0 amide bonds. The minimum Gasteiger partial charge on any atom is -0.417 e. The van der Waals surface area contributed by atoms with Crippen LogP contribution in [-0.4, -0.2) is 16.8 Å². The monoisotopic (exact) mass is 603 g/mol. The molecule has 4 aromatic rings. The molecule has 36 heavy (non-hydrogen) atoms. The van der Waals surface area contributed by atoms with E-state index in [-0.39, 0.29) is 22.3 Å². The number of nitrogens with zero attached hydrogens (tertiary/aromatic N) is 1. The number of rotatable bonds is 6. The van der Waals surface area contributed by atoms with Gasteiger partial charge in [0.2, 0.25) is 10.9 Å². The van der Waals surface area contributed by atoms with E-state index in [1.165, 1.54) is 24.3 Å². The Morgan fingerprint density at radius 3 is 2.31 bits per heavy atom. The third kappa shape index (κ3) is 5.24. The average molecular weight is 604 g/mol. The molecule has 0 spiro atoms. The lowest BCUT2D eigenvalue weighted by Gasteiger charge is -2.17. The van der Waals surface area contributed by atoms with Crippen LogP contribution in [0.5, 0.6) is 5.75 Å². The van der Waals surface area contributed by atoms with Gasteiger partial charge in [0.1, 0.15) is 10.6 Å². The first-order valence-corrected chi connectivity index (χ1v) is 13.1. The third-order valence-electron chi connectivity index (χ3n) is 4.80. The molecule has 0 saturated carbocycles. The summed E-state index contributed by atoms with van der Waals surface area (Å²) in [4.78, 5) is 12.0. The topological polar surface area (TPSA) is 111 Å². The van der Waals surface area contributed by atoms with Crippen LogP contribution >= 0.6 is 15.9 Å². The number of anilines is 2. The van der Waals surface area contributed by atoms with Crippen molar-refractivity contribution >= 4 is 59.3 Å². The van der Waals surface area contributed by atoms with E-state index in [1.54, 1.807) is 12.1 Å². The smallest absolute Gasteiger partial charge is 0.416 e. The minimum atomic E-state index is -4.78. The zero-order valence-corrected chi connectivity index (χ0v) is 20.9. The lowest BCUT2D eigenvalue weighted by Crippen LogP contribution is -2.21. The molecule has 3 aromatic carbocycles. The molecule has 0 saturated heterocycles. The van der Waals surface area contributed by atoms with Crippen molar-refractivity contribution in [3.05, 3.63) is 93.3 Å². The standard InChI is InChI=1S/C22H13BrF3NO7S2/c23-15-6-3-7-16(12-15)27(35(29)30)18-10-13-4-1-9-19(20(13)33-21(18)28)34-36(31,32)17-8-2-5-14(11-17)22(24,25)26/h1-12,35H. The number of halogens is 4. The zero-order chi connectivity index (χ0) is 26.3. The molecule has 1 aromatic heterocycles. The summed E-state index contributed by atoms with van der Waals surface area (Å²) in [7, 11) is -8.10. The lowest BCUT2D eigenvalue weighted by atomic mass is 10.2. The van der Waals surface area contributed by atoms with Crippen LogP contribution in [0.1, 0.15) is 5.56 Å². The van der Waals surface area contributed by atoms with Gasteiger partial charge in [-0.1, -0.05) is 40.2 Å². The van der Waals surface area contributed by atoms with Crippen LogP contribution in [0.25, 0.3) is 11.0 Å². The first kappa shape index (κ1) is 25.7. The molecule has 0 aliphatic carbocycles. The molecular formula is C22H13BrF3NO7S2. The third-order valence-corrected chi connectivity index (χ3v) is 7.30. The molecule has 0 atom stereocenters. The number of hydrogen-bond acceptors (Lipinski definition) is 7. The van der Waals surface area contributed by atoms with Gasteiger partial charge in [-0.2, -0.15) is 21.6 Å². The number of thiol groups is 1. The van der Waals surface area contributed by atoms with Crippen LogP contribution in [0.15, 0.2) is 91.4 Å². The first-order chi connectivity index (χ1) is 16.9. The molecule has 1 heterocycles. The van der Waals surface area contributed by atoms with Crippen molar-refractivity contribution in [2.24, 2.45) is 0 Å². The summed E-state index contributed by atoms with van der Waals surface area (Å²) in [5, 5.41) is 0.0955. The Morgan fingerprint density at radius 2 is 1.64 bits per heavy atom. The van der Waals surface area contributed by atoms with Crippen LogP contribution < -0.4 is 14.1 Å². The summed E-state index contributed by atoms with van der Waals surface area (Å²) in [6, 6.07) is 14.1. The van der Waals surface area contributed by atoms with Gasteiger partial charge in [0, 0.05) is 9.86 Å². The molecule has 188 valence electrons. The van der Waals surface area contributed by atoms with Crippen molar-refractivity contribution in [2.45, 2.75) is 11.1 Å². The maximum atomic E-state index is 13.0. The van der Waals surface area contributed by atoms with Gasteiger partial charge < -0.3 is 8.60 Å². The average Bonchev–Trinajstić information content (AvgIpc) is 2.79. The highest BCUT2D eigenvalue weighted by Gasteiger charge is 2.32. The van der Waals surface area contributed by atoms with Crippen molar-refractivity contribution in [3.8, 4) is 5.75 Å². The lowest BCUT2D eigenvalue weighted by molar-refractivity contribution is -0.137. The maximum Gasteiger partial charge on any atom is 0.416 e. The largest absolute Gasteiger partial charge is 0.417 e. The van der Waals surface area contributed by atoms with Crippen molar-refractivity contribution in [2.75, 3.05) is 4.31 Å². The number of benzene rings is 3. The molecule has 0 bridgehead atoms. The van der Waals surface area contributed by atoms with E-state index in [0.717, 1.165) is 28.6 Å². The molecule has 0 unspecified atom stereocenters. The highest BCUT2D eigenvalue weighted by Crippen LogP contribution is 2.34. The van der Waals surface area contributed by atoms with Gasteiger partial charge in [-0.3, -0.25) is 0 Å². The quantitative estimate of drug-likeness (QED) is 0.187. The van der Waals surface area contributed by atoms with Crippen molar-refractivity contribution in [1.29, 1.82) is 0 Å². The Bertz CT molecular complexity index is 1710. The Kier molecular flexibility index (Phi) is 6.86. The van der Waals surface area contributed by atoms with Crippen molar-refractivity contribution in [3.63, 3.8) is 0 Å². The Hall–Kier alpha value is -3.36. The summed E-state index contributed by atoms with van der Waals surface area (Å²) in [6.07, 6.45) is -4.78. The van der Waals surface area contributed by atoms with Gasteiger partial charge in [0.05, 0.1) is 11.3 Å². The van der Waals surface area contributed by atoms with Gasteiger partial charge in [-0.15, -0.1) is 0 Å². The molecule has 14 heteroatoms. The summed E-state index contributed by atoms with van der Waals surface area (Å²) in [5.74, 6) is -0.478. The number of para-hydroxylation sites is 1. The van der Waals surface area contributed by atoms with E-state index >= 15 is 0 Å². The fourth-order valence-corrected chi connectivity index (χ4v) is 5.24. The van der Waals surface area contributed by atoms with E-state index in [9.17, 15) is 34.8 Å². The van der Waals surface area contributed by atoms with E-state index in [0.29, 0.717) is 16.6 Å². The number of fused-ring (bicyclic) bond motifs is 1. The molecule has 0 aliphatic rings. The molecular weight excluding hydrogens is 591 g/mol. The second-order valence-corrected chi connectivity index (χ2v) is 10.5. The van der Waals surface area contributed by atoms with E-state index in [2.05, 4.69) is 15.9 Å². The SMILES string of the molecule is O=c1oc2c(OS(=O)(=O)c3cccc(C(F)(F)F)c3)cccc2cc1N(c1cccc(Br)c1)[SH](=O)=O. The van der Waals surface area contributed by atoms with Crippen LogP contribution in [0.2, 0.25) is 0 Å². The van der Waals surface area contributed by atoms with Gasteiger partial charge in [0.25, 0.3) is 0 Å². The molecule has 0 radical (unpaired) electrons. The second-order valence-electron chi connectivity index (χ2n) is 7.19. The molecule has 4 rings (SSSR count). The Balaban J connectivity index is 1.79. The summed E-state index contributed by atoms with van der Waals surface area (Å²) < 4.78 is 99.9. The Labute approximate surface area is 211 Å². The fourth-order valence-electron chi connectivity index (χ4n) is 3.24. The van der Waals surface area contributed by atoms with Crippen LogP contribution in [-0.2, 0) is 27.2 Å². The van der Waals surface area contributed by atoms with Crippen LogP contribution in [0, 0.1) is 0 Å². The summed E-state index contributed by atoms with van der Waals surface area (Å²) in [5.41, 5.74) is -2.92. The van der Waals surface area contributed by atoms with Gasteiger partial charge >= 0.3 is 21.9 Å². The molecule has 0 fully saturated rings. The van der Waals surface area contributed by atoms with Crippen LogP contribution in [0.4, 0.5) is 24.5 Å². The summed E-state index contributed by atoms with van der Waals surface area (Å²) in [6.45, 7) is 0. The van der Waals surface area contributed by atoms with E-state index < -0.39 is 49.0 Å². The highest BCUT2D eigenvalue weighted by atomic mass is 79.9. The predicted octanol–water partition coefficient (Wildman–Crippen LogP) is 5.01. The minimum absolute atomic E-state index is 0.0955. The van der Waals surface area contributed by atoms with Gasteiger partial charge in [-0.05, 0) is 48.5 Å². The molecule has 0 N–H and O–H groups in total. The van der Waals surface area contributed by atoms with Crippen molar-refractivity contribution < 1.29 is 38.6 Å².